The molecule has 2 aromatic carbocycles. The van der Waals surface area contributed by atoms with Crippen LogP contribution in [0, 0.1) is 11.6 Å². The van der Waals surface area contributed by atoms with E-state index >= 15 is 0 Å². The first-order chi connectivity index (χ1) is 16.8. The van der Waals surface area contributed by atoms with E-state index in [-0.39, 0.29) is 29.7 Å². The zero-order chi connectivity index (χ0) is 24.9. The number of carbonyl (C=O) groups excluding carboxylic acids is 3. The molecule has 9 heteroatoms. The maximum absolute atomic E-state index is 13.2. The molecule has 2 aromatic rings. The Bertz CT molecular complexity index is 1060. The molecule has 1 unspecified atom stereocenters. The number of benzene rings is 2. The minimum Gasteiger partial charge on any atom is -0.342 e. The lowest BCUT2D eigenvalue weighted by molar-refractivity contribution is -0.145. The lowest BCUT2D eigenvalue weighted by Crippen LogP contribution is -2.56. The Balaban J connectivity index is 1.32. The molecule has 4 rings (SSSR count). The first kappa shape index (κ1) is 24.8. The highest BCUT2D eigenvalue weighted by molar-refractivity contribution is 5.98. The molecule has 1 aliphatic carbocycles. The number of nitrogens with zero attached hydrogens (tertiary/aromatic N) is 2. The Labute approximate surface area is 203 Å². The molecular formula is C26H30F2N4O3. The Morgan fingerprint density at radius 3 is 2.34 bits per heavy atom. The third kappa shape index (κ3) is 6.42. The molecule has 2 N–H and O–H groups in total. The van der Waals surface area contributed by atoms with Crippen molar-refractivity contribution in [3.8, 4) is 0 Å². The number of rotatable bonds is 9. The minimum atomic E-state index is -0.794. The minimum absolute atomic E-state index is 0.0159. The summed E-state index contributed by atoms with van der Waals surface area (Å²) in [7, 11) is 1.70. The van der Waals surface area contributed by atoms with Crippen molar-refractivity contribution >= 4 is 17.7 Å². The largest absolute Gasteiger partial charge is 0.342 e. The van der Waals surface area contributed by atoms with Gasteiger partial charge in [0.05, 0.1) is 6.54 Å². The first-order valence-corrected chi connectivity index (χ1v) is 11.9. The Morgan fingerprint density at radius 1 is 1.03 bits per heavy atom. The van der Waals surface area contributed by atoms with Crippen molar-refractivity contribution in [2.75, 3.05) is 33.2 Å². The number of carbonyl (C=O) groups is 3. The fraction of sp³-hybridized carbons (Fsp3) is 0.423. The van der Waals surface area contributed by atoms with Gasteiger partial charge in [-0.1, -0.05) is 12.1 Å². The van der Waals surface area contributed by atoms with Crippen LogP contribution in [0.15, 0.2) is 48.5 Å². The lowest BCUT2D eigenvalue weighted by Gasteiger charge is -2.34. The molecule has 0 radical (unpaired) electrons. The molecule has 7 nitrogen and oxygen atoms in total. The second kappa shape index (κ2) is 10.9. The number of amides is 3. The second-order valence-corrected chi connectivity index (χ2v) is 9.20. The summed E-state index contributed by atoms with van der Waals surface area (Å²) in [6.07, 6.45) is 2.00. The van der Waals surface area contributed by atoms with Crippen LogP contribution in [0.1, 0.15) is 41.1 Å². The predicted molar refractivity (Wildman–Crippen MR) is 127 cm³/mol. The molecule has 0 aromatic heterocycles. The van der Waals surface area contributed by atoms with Gasteiger partial charge in [0.25, 0.3) is 5.91 Å². The highest BCUT2D eigenvalue weighted by Gasteiger charge is 2.38. The van der Waals surface area contributed by atoms with E-state index in [1.165, 1.54) is 41.3 Å². The SMILES string of the molecule is CN1CCN(C(=O)C(CCCN[C@@H]2C[C@H]2c2ccc(F)cc2)NC(=O)c2ccc(F)cc2)CC1=O. The fourth-order valence-corrected chi connectivity index (χ4v) is 4.36. The van der Waals surface area contributed by atoms with Gasteiger partial charge < -0.3 is 20.4 Å². The molecule has 1 aliphatic heterocycles. The number of halogens is 2. The van der Waals surface area contributed by atoms with Crippen molar-refractivity contribution in [3.05, 3.63) is 71.3 Å². The Morgan fingerprint density at radius 2 is 1.69 bits per heavy atom. The third-order valence-corrected chi connectivity index (χ3v) is 6.64. The molecule has 2 fully saturated rings. The first-order valence-electron chi connectivity index (χ1n) is 11.9. The van der Waals surface area contributed by atoms with Crippen molar-refractivity contribution in [2.45, 2.75) is 37.3 Å². The maximum Gasteiger partial charge on any atom is 0.251 e. The van der Waals surface area contributed by atoms with Crippen LogP contribution < -0.4 is 10.6 Å². The van der Waals surface area contributed by atoms with E-state index in [4.69, 9.17) is 0 Å². The average Bonchev–Trinajstić information content (AvgIpc) is 3.62. The van der Waals surface area contributed by atoms with Crippen molar-refractivity contribution in [1.82, 2.24) is 20.4 Å². The topological polar surface area (TPSA) is 81.8 Å². The van der Waals surface area contributed by atoms with E-state index in [0.29, 0.717) is 44.4 Å². The summed E-state index contributed by atoms with van der Waals surface area (Å²) >= 11 is 0. The summed E-state index contributed by atoms with van der Waals surface area (Å²) in [4.78, 5) is 41.1. The van der Waals surface area contributed by atoms with Crippen molar-refractivity contribution in [1.29, 1.82) is 0 Å². The monoisotopic (exact) mass is 484 g/mol. The highest BCUT2D eigenvalue weighted by Crippen LogP contribution is 2.40. The molecule has 0 spiro atoms. The summed E-state index contributed by atoms with van der Waals surface area (Å²) in [6, 6.07) is 11.2. The number of nitrogens with one attached hydrogen (secondary N) is 2. The summed E-state index contributed by atoms with van der Waals surface area (Å²) in [5.41, 5.74) is 1.36. The van der Waals surface area contributed by atoms with Crippen LogP contribution in [0.2, 0.25) is 0 Å². The smallest absolute Gasteiger partial charge is 0.251 e. The van der Waals surface area contributed by atoms with Crippen molar-refractivity contribution < 1.29 is 23.2 Å². The van der Waals surface area contributed by atoms with E-state index in [9.17, 15) is 23.2 Å². The van der Waals surface area contributed by atoms with Crippen LogP contribution in [0.5, 0.6) is 0 Å². The van der Waals surface area contributed by atoms with Gasteiger partial charge in [-0.25, -0.2) is 8.78 Å². The number of hydrogen-bond acceptors (Lipinski definition) is 4. The van der Waals surface area contributed by atoms with E-state index in [0.717, 1.165) is 12.0 Å². The number of hydrogen-bond donors (Lipinski definition) is 2. The fourth-order valence-electron chi connectivity index (χ4n) is 4.36. The Kier molecular flexibility index (Phi) is 7.75. The molecule has 3 amide bonds. The summed E-state index contributed by atoms with van der Waals surface area (Å²) in [6.45, 7) is 1.49. The molecule has 35 heavy (non-hydrogen) atoms. The van der Waals surface area contributed by atoms with Gasteiger partial charge in [0.2, 0.25) is 11.8 Å². The number of piperazine rings is 1. The summed E-state index contributed by atoms with van der Waals surface area (Å²) < 4.78 is 26.4. The van der Waals surface area contributed by atoms with Crippen LogP contribution in [-0.2, 0) is 9.59 Å². The van der Waals surface area contributed by atoms with Gasteiger partial charge in [0.15, 0.2) is 0 Å². The Hall–Kier alpha value is -3.33. The normalized spacial score (nSPS) is 20.5. The summed E-state index contributed by atoms with van der Waals surface area (Å²) in [5, 5.41) is 6.24. The third-order valence-electron chi connectivity index (χ3n) is 6.64. The molecule has 186 valence electrons. The highest BCUT2D eigenvalue weighted by atomic mass is 19.1. The van der Waals surface area contributed by atoms with E-state index in [1.54, 1.807) is 24.1 Å². The molecule has 2 aliphatic rings. The van der Waals surface area contributed by atoms with Gasteiger partial charge >= 0.3 is 0 Å². The van der Waals surface area contributed by atoms with Gasteiger partial charge in [-0.05, 0) is 67.8 Å². The maximum atomic E-state index is 13.2. The van der Waals surface area contributed by atoms with Gasteiger partial charge in [-0.15, -0.1) is 0 Å². The molecule has 1 saturated carbocycles. The second-order valence-electron chi connectivity index (χ2n) is 9.20. The average molecular weight is 485 g/mol. The standard InChI is InChI=1S/C26H30F2N4O3/c1-31-13-14-32(16-24(31)33)26(35)22(30-25(34)18-6-10-20(28)11-7-18)3-2-12-29-23-15-21(23)17-4-8-19(27)9-5-17/h4-11,21-23,29H,2-3,12-16H2,1H3,(H,30,34)/t21-,22?,23+/m0/s1. The van der Waals surface area contributed by atoms with Crippen LogP contribution >= 0.6 is 0 Å². The lowest BCUT2D eigenvalue weighted by atomic mass is 10.1. The van der Waals surface area contributed by atoms with Crippen LogP contribution in [0.25, 0.3) is 0 Å². The molecule has 1 saturated heterocycles. The van der Waals surface area contributed by atoms with E-state index in [2.05, 4.69) is 10.6 Å². The predicted octanol–water partition coefficient (Wildman–Crippen LogP) is 2.29. The zero-order valence-electron chi connectivity index (χ0n) is 19.7. The molecule has 3 atom stereocenters. The van der Waals surface area contributed by atoms with E-state index < -0.39 is 17.8 Å². The molecular weight excluding hydrogens is 454 g/mol. The molecule has 0 bridgehead atoms. The van der Waals surface area contributed by atoms with Crippen LogP contribution in [-0.4, -0.2) is 72.8 Å². The van der Waals surface area contributed by atoms with Crippen LogP contribution in [0.4, 0.5) is 8.78 Å². The summed E-state index contributed by atoms with van der Waals surface area (Å²) in [5.74, 6) is -1.25. The van der Waals surface area contributed by atoms with Crippen molar-refractivity contribution in [3.63, 3.8) is 0 Å². The van der Waals surface area contributed by atoms with Gasteiger partial charge in [0, 0.05) is 37.7 Å². The van der Waals surface area contributed by atoms with Crippen LogP contribution in [0.3, 0.4) is 0 Å². The van der Waals surface area contributed by atoms with Crippen molar-refractivity contribution in [2.24, 2.45) is 0 Å². The molecule has 1 heterocycles. The van der Waals surface area contributed by atoms with Gasteiger partial charge in [0.1, 0.15) is 17.7 Å². The van der Waals surface area contributed by atoms with E-state index in [1.807, 2.05) is 0 Å². The zero-order valence-corrected chi connectivity index (χ0v) is 19.7. The van der Waals surface area contributed by atoms with Gasteiger partial charge in [-0.2, -0.15) is 0 Å². The quantitative estimate of drug-likeness (QED) is 0.536. The van der Waals surface area contributed by atoms with Gasteiger partial charge in [-0.3, -0.25) is 14.4 Å². The number of likely N-dealkylation sites (N-methyl/N-ethyl adjacent to an activating group) is 1.